The fourth-order valence-corrected chi connectivity index (χ4v) is 2.83. The number of nitrogens with one attached hydrogen (secondary N) is 1. The Kier molecular flexibility index (Phi) is 6.06. The van der Waals surface area contributed by atoms with Gasteiger partial charge in [-0.2, -0.15) is 0 Å². The quantitative estimate of drug-likeness (QED) is 0.572. The molecule has 1 rings (SSSR count). The van der Waals surface area contributed by atoms with Gasteiger partial charge in [0.2, 0.25) is 11.8 Å². The first-order chi connectivity index (χ1) is 9.56. The van der Waals surface area contributed by atoms with Crippen molar-refractivity contribution in [3.05, 3.63) is 0 Å². The second-order valence-corrected chi connectivity index (χ2v) is 5.36. The van der Waals surface area contributed by atoms with E-state index in [-0.39, 0.29) is 17.9 Å². The standard InChI is InChI=1S/C16H26N2O2/c1-5-9-10-11-12-18-13(6-2)14(19)17-16(7-3,8-4)15(18)20/h1,13H,6-12H2,2-4H3,(H,17,19). The molecule has 0 aromatic heterocycles. The lowest BCUT2D eigenvalue weighted by atomic mass is 9.86. The van der Waals surface area contributed by atoms with Gasteiger partial charge >= 0.3 is 0 Å². The van der Waals surface area contributed by atoms with Gasteiger partial charge in [-0.05, 0) is 32.1 Å². The summed E-state index contributed by atoms with van der Waals surface area (Å²) in [5.41, 5.74) is -0.713. The van der Waals surface area contributed by atoms with Crippen molar-refractivity contribution in [1.29, 1.82) is 0 Å². The average Bonchev–Trinajstić information content (AvgIpc) is 2.46. The number of carbonyl (C=O) groups excluding carboxylic acids is 2. The minimum absolute atomic E-state index is 0.0206. The van der Waals surface area contributed by atoms with Gasteiger partial charge in [-0.3, -0.25) is 9.59 Å². The maximum atomic E-state index is 12.8. The van der Waals surface area contributed by atoms with Crippen molar-refractivity contribution in [3.8, 4) is 12.3 Å². The van der Waals surface area contributed by atoms with Crippen LogP contribution in [0.2, 0.25) is 0 Å². The third-order valence-electron chi connectivity index (χ3n) is 4.28. The summed E-state index contributed by atoms with van der Waals surface area (Å²) in [5.74, 6) is 2.65. The van der Waals surface area contributed by atoms with Crippen LogP contribution in [0.4, 0.5) is 0 Å². The minimum atomic E-state index is -0.713. The summed E-state index contributed by atoms with van der Waals surface area (Å²) in [4.78, 5) is 26.8. The lowest BCUT2D eigenvalue weighted by molar-refractivity contribution is -0.155. The Bertz CT molecular complexity index is 394. The molecule has 0 spiro atoms. The zero-order chi connectivity index (χ0) is 15.2. The first-order valence-corrected chi connectivity index (χ1v) is 7.62. The zero-order valence-corrected chi connectivity index (χ0v) is 12.9. The summed E-state index contributed by atoms with van der Waals surface area (Å²) in [5, 5.41) is 2.95. The summed E-state index contributed by atoms with van der Waals surface area (Å²) < 4.78 is 0. The number of carbonyl (C=O) groups is 2. The Morgan fingerprint density at radius 2 is 1.90 bits per heavy atom. The molecule has 20 heavy (non-hydrogen) atoms. The van der Waals surface area contributed by atoms with Gasteiger partial charge in [0.25, 0.3) is 0 Å². The predicted molar refractivity (Wildman–Crippen MR) is 79.9 cm³/mol. The molecule has 0 radical (unpaired) electrons. The van der Waals surface area contributed by atoms with Crippen molar-refractivity contribution in [2.75, 3.05) is 6.54 Å². The molecule has 1 atom stereocenters. The van der Waals surface area contributed by atoms with Crippen LogP contribution in [0.3, 0.4) is 0 Å². The molecule has 1 N–H and O–H groups in total. The van der Waals surface area contributed by atoms with Crippen molar-refractivity contribution < 1.29 is 9.59 Å². The molecule has 0 aromatic carbocycles. The summed E-state index contributed by atoms with van der Waals surface area (Å²) in [7, 11) is 0. The number of piperazine rings is 1. The van der Waals surface area contributed by atoms with Crippen molar-refractivity contribution >= 4 is 11.8 Å². The molecule has 4 heteroatoms. The van der Waals surface area contributed by atoms with Crippen molar-refractivity contribution in [2.45, 2.75) is 70.9 Å². The minimum Gasteiger partial charge on any atom is -0.340 e. The van der Waals surface area contributed by atoms with E-state index < -0.39 is 5.54 Å². The molecule has 0 aromatic rings. The van der Waals surface area contributed by atoms with Crippen LogP contribution in [0.1, 0.15) is 59.3 Å². The highest BCUT2D eigenvalue weighted by molar-refractivity contribution is 5.99. The molecule has 1 heterocycles. The van der Waals surface area contributed by atoms with E-state index in [2.05, 4.69) is 11.2 Å². The summed E-state index contributed by atoms with van der Waals surface area (Å²) in [6.07, 6.45) is 9.61. The Labute approximate surface area is 122 Å². The second kappa shape index (κ2) is 7.33. The molecule has 0 aliphatic carbocycles. The SMILES string of the molecule is C#CCCCCN1C(=O)C(CC)(CC)NC(=O)C1CC. The smallest absolute Gasteiger partial charge is 0.248 e. The van der Waals surface area contributed by atoms with Crippen LogP contribution in [0.15, 0.2) is 0 Å². The van der Waals surface area contributed by atoms with E-state index in [4.69, 9.17) is 6.42 Å². The molecule has 1 aliphatic rings. The third-order valence-corrected chi connectivity index (χ3v) is 4.28. The lowest BCUT2D eigenvalue weighted by Gasteiger charge is -2.45. The van der Waals surface area contributed by atoms with E-state index in [1.165, 1.54) is 0 Å². The molecular weight excluding hydrogens is 252 g/mol. The number of terminal acetylenes is 1. The summed E-state index contributed by atoms with van der Waals surface area (Å²) >= 11 is 0. The van der Waals surface area contributed by atoms with Crippen LogP contribution in [0.25, 0.3) is 0 Å². The van der Waals surface area contributed by atoms with Crippen LogP contribution in [0, 0.1) is 12.3 Å². The maximum Gasteiger partial charge on any atom is 0.248 e. The van der Waals surface area contributed by atoms with Crippen molar-refractivity contribution in [3.63, 3.8) is 0 Å². The molecular formula is C16H26N2O2. The molecule has 1 fully saturated rings. The maximum absolute atomic E-state index is 12.8. The van der Waals surface area contributed by atoms with Gasteiger partial charge in [0, 0.05) is 13.0 Å². The largest absolute Gasteiger partial charge is 0.340 e. The highest BCUT2D eigenvalue weighted by atomic mass is 16.2. The first kappa shape index (κ1) is 16.6. The number of nitrogens with zero attached hydrogens (tertiary/aromatic N) is 1. The van der Waals surface area contributed by atoms with Crippen LogP contribution in [0.5, 0.6) is 0 Å². The predicted octanol–water partition coefficient (Wildman–Crippen LogP) is 2.09. The van der Waals surface area contributed by atoms with E-state index in [0.29, 0.717) is 25.8 Å². The Balaban J connectivity index is 2.86. The first-order valence-electron chi connectivity index (χ1n) is 7.62. The van der Waals surface area contributed by atoms with Gasteiger partial charge in [0.15, 0.2) is 0 Å². The molecule has 112 valence electrons. The van der Waals surface area contributed by atoms with Crippen LogP contribution in [-0.2, 0) is 9.59 Å². The normalized spacial score (nSPS) is 21.5. The van der Waals surface area contributed by atoms with Gasteiger partial charge in [0.1, 0.15) is 11.6 Å². The topological polar surface area (TPSA) is 49.4 Å². The molecule has 1 unspecified atom stereocenters. The Morgan fingerprint density at radius 3 is 2.40 bits per heavy atom. The zero-order valence-electron chi connectivity index (χ0n) is 12.9. The highest BCUT2D eigenvalue weighted by Crippen LogP contribution is 2.26. The molecule has 0 saturated carbocycles. The van der Waals surface area contributed by atoms with E-state index in [1.807, 2.05) is 20.8 Å². The van der Waals surface area contributed by atoms with Crippen LogP contribution in [-0.4, -0.2) is 34.8 Å². The van der Waals surface area contributed by atoms with Gasteiger partial charge < -0.3 is 10.2 Å². The van der Waals surface area contributed by atoms with E-state index in [1.54, 1.807) is 4.90 Å². The summed E-state index contributed by atoms with van der Waals surface area (Å²) in [6.45, 7) is 6.46. The number of amides is 2. The van der Waals surface area contributed by atoms with Gasteiger partial charge in [0.05, 0.1) is 0 Å². The fourth-order valence-electron chi connectivity index (χ4n) is 2.83. The van der Waals surface area contributed by atoms with Gasteiger partial charge in [-0.25, -0.2) is 0 Å². The van der Waals surface area contributed by atoms with Crippen LogP contribution < -0.4 is 5.32 Å². The number of hydrogen-bond donors (Lipinski definition) is 1. The van der Waals surface area contributed by atoms with Crippen LogP contribution >= 0.6 is 0 Å². The van der Waals surface area contributed by atoms with Crippen molar-refractivity contribution in [1.82, 2.24) is 10.2 Å². The average molecular weight is 278 g/mol. The number of unbranched alkanes of at least 4 members (excludes halogenated alkanes) is 2. The number of hydrogen-bond acceptors (Lipinski definition) is 2. The van der Waals surface area contributed by atoms with E-state index in [0.717, 1.165) is 19.3 Å². The van der Waals surface area contributed by atoms with Crippen molar-refractivity contribution in [2.24, 2.45) is 0 Å². The number of rotatable bonds is 7. The van der Waals surface area contributed by atoms with E-state index in [9.17, 15) is 9.59 Å². The second-order valence-electron chi connectivity index (χ2n) is 5.36. The lowest BCUT2D eigenvalue weighted by Crippen LogP contribution is -2.69. The van der Waals surface area contributed by atoms with Gasteiger partial charge in [-0.15, -0.1) is 12.3 Å². The summed E-state index contributed by atoms with van der Waals surface area (Å²) in [6, 6.07) is -0.334. The molecule has 4 nitrogen and oxygen atoms in total. The molecule has 1 saturated heterocycles. The third kappa shape index (κ3) is 3.15. The fraction of sp³-hybridized carbons (Fsp3) is 0.750. The molecule has 0 bridgehead atoms. The molecule has 1 aliphatic heterocycles. The van der Waals surface area contributed by atoms with Gasteiger partial charge in [-0.1, -0.05) is 20.8 Å². The molecule has 2 amide bonds. The van der Waals surface area contributed by atoms with E-state index >= 15 is 0 Å². The Hall–Kier alpha value is -1.50. The highest BCUT2D eigenvalue weighted by Gasteiger charge is 2.47. The Morgan fingerprint density at radius 1 is 1.25 bits per heavy atom. The monoisotopic (exact) mass is 278 g/mol.